The van der Waals surface area contributed by atoms with Gasteiger partial charge in [-0.15, -0.1) is 0 Å². The molecule has 2 heteroatoms. The van der Waals surface area contributed by atoms with Gasteiger partial charge in [0.15, 0.2) is 0 Å². The summed E-state index contributed by atoms with van der Waals surface area (Å²) in [6.45, 7) is 0.759. The van der Waals surface area contributed by atoms with Gasteiger partial charge in [-0.05, 0) is 31.7 Å². The van der Waals surface area contributed by atoms with Crippen molar-refractivity contribution < 1.29 is 4.74 Å². The van der Waals surface area contributed by atoms with Gasteiger partial charge >= 0.3 is 0 Å². The molecule has 1 saturated carbocycles. The maximum Gasteiger partial charge on any atom is 0.0899 e. The Morgan fingerprint density at radius 2 is 2.50 bits per heavy atom. The van der Waals surface area contributed by atoms with Crippen LogP contribution in [0.1, 0.15) is 19.3 Å². The van der Waals surface area contributed by atoms with E-state index in [9.17, 15) is 0 Å². The third-order valence-corrected chi connectivity index (χ3v) is 3.50. The summed E-state index contributed by atoms with van der Waals surface area (Å²) < 4.78 is 5.60. The number of fused-ring (bicyclic) bond motifs is 2. The van der Waals surface area contributed by atoms with Gasteiger partial charge in [0.2, 0.25) is 0 Å². The number of hydrogen-bond acceptors (Lipinski definition) is 2. The summed E-state index contributed by atoms with van der Waals surface area (Å²) in [5, 5.41) is 0. The lowest BCUT2D eigenvalue weighted by atomic mass is 9.66. The molecule has 3 unspecified atom stereocenters. The molecule has 0 saturated heterocycles. The predicted octanol–water partition coefficient (Wildman–Crippen LogP) is 1.32. The van der Waals surface area contributed by atoms with Gasteiger partial charge in [0.25, 0.3) is 0 Å². The Bertz CT molecular complexity index is 202. The monoisotopic (exact) mass is 167 g/mol. The van der Waals surface area contributed by atoms with Crippen LogP contribution in [-0.4, -0.2) is 19.3 Å². The summed E-state index contributed by atoms with van der Waals surface area (Å²) >= 11 is 0. The zero-order chi connectivity index (χ0) is 8.60. The lowest BCUT2D eigenvalue weighted by Gasteiger charge is -2.46. The average Bonchev–Trinajstić information content (AvgIpc) is 2.19. The van der Waals surface area contributed by atoms with E-state index in [-0.39, 0.29) is 5.60 Å². The van der Waals surface area contributed by atoms with Crippen molar-refractivity contribution in [2.45, 2.75) is 24.9 Å². The molecule has 0 spiro atoms. The maximum atomic E-state index is 5.74. The van der Waals surface area contributed by atoms with Crippen molar-refractivity contribution in [3.05, 3.63) is 12.2 Å². The lowest BCUT2D eigenvalue weighted by molar-refractivity contribution is -0.0578. The Labute approximate surface area is 73.8 Å². The molecule has 2 N–H and O–H groups in total. The van der Waals surface area contributed by atoms with Crippen molar-refractivity contribution in [2.75, 3.05) is 13.7 Å². The minimum atomic E-state index is -0.0104. The second-order valence-electron chi connectivity index (χ2n) is 3.99. The fraction of sp³-hybridized carbons (Fsp3) is 0.800. The summed E-state index contributed by atoms with van der Waals surface area (Å²) in [7, 11) is 1.80. The molecule has 0 aromatic heterocycles. The summed E-state index contributed by atoms with van der Waals surface area (Å²) in [5.74, 6) is 1.32. The Hall–Kier alpha value is -0.340. The van der Waals surface area contributed by atoms with Gasteiger partial charge in [-0.25, -0.2) is 0 Å². The molecule has 3 aliphatic carbocycles. The minimum Gasteiger partial charge on any atom is -0.374 e. The van der Waals surface area contributed by atoms with Crippen LogP contribution in [0.2, 0.25) is 0 Å². The van der Waals surface area contributed by atoms with Gasteiger partial charge in [-0.3, -0.25) is 0 Å². The predicted molar refractivity (Wildman–Crippen MR) is 48.8 cm³/mol. The molecule has 0 radical (unpaired) electrons. The van der Waals surface area contributed by atoms with Gasteiger partial charge in [-0.1, -0.05) is 12.2 Å². The van der Waals surface area contributed by atoms with E-state index in [1.165, 1.54) is 12.8 Å². The highest BCUT2D eigenvalue weighted by molar-refractivity contribution is 5.16. The van der Waals surface area contributed by atoms with Gasteiger partial charge in [0.1, 0.15) is 0 Å². The third-order valence-electron chi connectivity index (χ3n) is 3.50. The van der Waals surface area contributed by atoms with E-state index in [0.29, 0.717) is 5.92 Å². The van der Waals surface area contributed by atoms with Crippen molar-refractivity contribution in [1.29, 1.82) is 0 Å². The van der Waals surface area contributed by atoms with Crippen molar-refractivity contribution in [1.82, 2.24) is 0 Å². The van der Waals surface area contributed by atoms with Gasteiger partial charge in [0.05, 0.1) is 5.60 Å². The first-order valence-corrected chi connectivity index (χ1v) is 4.75. The van der Waals surface area contributed by atoms with Gasteiger partial charge < -0.3 is 10.5 Å². The largest absolute Gasteiger partial charge is 0.374 e. The number of rotatable bonds is 2. The second-order valence-corrected chi connectivity index (χ2v) is 3.99. The van der Waals surface area contributed by atoms with Crippen LogP contribution >= 0.6 is 0 Å². The molecular formula is C10H17NO. The number of methoxy groups -OCH3 is 1. The molecule has 68 valence electrons. The Kier molecular flexibility index (Phi) is 1.97. The number of allylic oxidation sites excluding steroid dienone is 1. The molecule has 12 heavy (non-hydrogen) atoms. The standard InChI is InChI=1S/C10H17NO/c1-12-10-4-2-8(3-5-10)6-9(10)7-11/h2,4,8-9H,3,5-7,11H2,1H3. The molecule has 0 heterocycles. The molecule has 0 aliphatic heterocycles. The van der Waals surface area contributed by atoms with Crippen LogP contribution in [0.4, 0.5) is 0 Å². The summed E-state index contributed by atoms with van der Waals surface area (Å²) in [5.41, 5.74) is 5.73. The molecule has 0 aromatic rings. The molecule has 3 rings (SSSR count). The van der Waals surface area contributed by atoms with E-state index in [2.05, 4.69) is 12.2 Å². The lowest BCUT2D eigenvalue weighted by Crippen LogP contribution is -2.48. The average molecular weight is 167 g/mol. The Morgan fingerprint density at radius 1 is 1.67 bits per heavy atom. The van der Waals surface area contributed by atoms with E-state index >= 15 is 0 Å². The number of nitrogens with two attached hydrogens (primary N) is 1. The molecule has 2 bridgehead atoms. The first-order chi connectivity index (χ1) is 5.80. The van der Waals surface area contributed by atoms with Crippen LogP contribution in [-0.2, 0) is 4.74 Å². The third kappa shape index (κ3) is 1.02. The minimum absolute atomic E-state index is 0.0104. The van der Waals surface area contributed by atoms with Crippen molar-refractivity contribution in [3.8, 4) is 0 Å². The SMILES string of the molecule is COC12C=CC(CC1)CC2CN. The van der Waals surface area contributed by atoms with E-state index in [0.717, 1.165) is 18.9 Å². The molecule has 3 aliphatic rings. The highest BCUT2D eigenvalue weighted by atomic mass is 16.5. The van der Waals surface area contributed by atoms with Crippen LogP contribution in [0.5, 0.6) is 0 Å². The quantitative estimate of drug-likeness (QED) is 0.629. The summed E-state index contributed by atoms with van der Waals surface area (Å²) in [4.78, 5) is 0. The van der Waals surface area contributed by atoms with Crippen molar-refractivity contribution in [3.63, 3.8) is 0 Å². The fourth-order valence-electron chi connectivity index (χ4n) is 2.62. The normalized spacial score (nSPS) is 45.2. The van der Waals surface area contributed by atoms with E-state index in [1.807, 2.05) is 0 Å². The molecule has 3 atom stereocenters. The van der Waals surface area contributed by atoms with Crippen LogP contribution in [0.25, 0.3) is 0 Å². The zero-order valence-electron chi connectivity index (χ0n) is 7.62. The van der Waals surface area contributed by atoms with Gasteiger partial charge in [0, 0.05) is 13.0 Å². The van der Waals surface area contributed by atoms with Crippen LogP contribution in [0.3, 0.4) is 0 Å². The van der Waals surface area contributed by atoms with E-state index < -0.39 is 0 Å². The Balaban J connectivity index is 2.25. The van der Waals surface area contributed by atoms with Crippen LogP contribution < -0.4 is 5.73 Å². The highest BCUT2D eigenvalue weighted by Crippen LogP contribution is 2.44. The first kappa shape index (κ1) is 8.27. The van der Waals surface area contributed by atoms with Crippen molar-refractivity contribution in [2.24, 2.45) is 17.6 Å². The molecule has 0 amide bonds. The summed E-state index contributed by atoms with van der Waals surface area (Å²) in [6, 6.07) is 0. The number of hydrogen-bond donors (Lipinski definition) is 1. The Morgan fingerprint density at radius 3 is 2.92 bits per heavy atom. The molecule has 0 aromatic carbocycles. The first-order valence-electron chi connectivity index (χ1n) is 4.75. The highest BCUT2D eigenvalue weighted by Gasteiger charge is 2.43. The topological polar surface area (TPSA) is 35.2 Å². The molecule has 2 nitrogen and oxygen atoms in total. The fourth-order valence-corrected chi connectivity index (χ4v) is 2.62. The molecular weight excluding hydrogens is 150 g/mol. The van der Waals surface area contributed by atoms with Crippen LogP contribution in [0, 0.1) is 11.8 Å². The van der Waals surface area contributed by atoms with Crippen molar-refractivity contribution >= 4 is 0 Å². The zero-order valence-corrected chi connectivity index (χ0v) is 7.62. The van der Waals surface area contributed by atoms with Crippen LogP contribution in [0.15, 0.2) is 12.2 Å². The van der Waals surface area contributed by atoms with E-state index in [4.69, 9.17) is 10.5 Å². The smallest absolute Gasteiger partial charge is 0.0899 e. The van der Waals surface area contributed by atoms with E-state index in [1.54, 1.807) is 7.11 Å². The number of ether oxygens (including phenoxy) is 1. The second kappa shape index (κ2) is 2.86. The maximum absolute atomic E-state index is 5.74. The van der Waals surface area contributed by atoms with Gasteiger partial charge in [-0.2, -0.15) is 0 Å². The molecule has 1 fully saturated rings. The summed E-state index contributed by atoms with van der Waals surface area (Å²) in [6.07, 6.45) is 8.20.